The Hall–Kier alpha value is -2.93. The minimum atomic E-state index is -0.0315. The van der Waals surface area contributed by atoms with E-state index in [0.29, 0.717) is 25.8 Å². The fraction of sp³-hybridized carbons (Fsp3) is 0.348. The number of thiazole rings is 1. The van der Waals surface area contributed by atoms with Gasteiger partial charge in [0.15, 0.2) is 0 Å². The first-order valence-electron chi connectivity index (χ1n) is 10.4. The van der Waals surface area contributed by atoms with Gasteiger partial charge in [-0.05, 0) is 24.3 Å². The van der Waals surface area contributed by atoms with Gasteiger partial charge in [0.25, 0.3) is 0 Å². The Bertz CT molecular complexity index is 964. The van der Waals surface area contributed by atoms with Gasteiger partial charge in [-0.2, -0.15) is 0 Å². The first kappa shape index (κ1) is 20.3. The number of piperazine rings is 1. The van der Waals surface area contributed by atoms with Crippen LogP contribution in [0.3, 0.4) is 0 Å². The molecule has 0 spiro atoms. The van der Waals surface area contributed by atoms with Crippen LogP contribution < -0.4 is 10.2 Å². The van der Waals surface area contributed by atoms with Gasteiger partial charge in [0.2, 0.25) is 11.8 Å². The van der Waals surface area contributed by atoms with Gasteiger partial charge in [-0.1, -0.05) is 30.3 Å². The van der Waals surface area contributed by atoms with E-state index in [1.165, 1.54) is 5.69 Å². The van der Waals surface area contributed by atoms with Crippen molar-refractivity contribution in [2.45, 2.75) is 19.3 Å². The third kappa shape index (κ3) is 5.16. The van der Waals surface area contributed by atoms with Crippen LogP contribution in [-0.4, -0.2) is 54.4 Å². The van der Waals surface area contributed by atoms with Crippen LogP contribution in [0.2, 0.25) is 0 Å². The van der Waals surface area contributed by atoms with Gasteiger partial charge in [-0.15, -0.1) is 11.3 Å². The van der Waals surface area contributed by atoms with E-state index >= 15 is 0 Å². The average molecular weight is 423 g/mol. The van der Waals surface area contributed by atoms with Gasteiger partial charge < -0.3 is 15.1 Å². The Morgan fingerprint density at radius 2 is 1.67 bits per heavy atom. The molecule has 0 atom stereocenters. The zero-order valence-corrected chi connectivity index (χ0v) is 17.7. The molecule has 1 aliphatic heterocycles. The molecule has 6 nitrogen and oxygen atoms in total. The molecular weight excluding hydrogens is 396 g/mol. The highest BCUT2D eigenvalue weighted by molar-refractivity contribution is 7.18. The van der Waals surface area contributed by atoms with Crippen molar-refractivity contribution in [1.29, 1.82) is 0 Å². The van der Waals surface area contributed by atoms with Crippen molar-refractivity contribution in [3.05, 3.63) is 59.6 Å². The number of amides is 2. The Morgan fingerprint density at radius 3 is 2.43 bits per heavy atom. The minimum Gasteiger partial charge on any atom is -0.368 e. The van der Waals surface area contributed by atoms with Gasteiger partial charge >= 0.3 is 0 Å². The highest BCUT2D eigenvalue weighted by Crippen LogP contribution is 2.22. The lowest BCUT2D eigenvalue weighted by Crippen LogP contribution is -2.49. The molecule has 1 aliphatic rings. The average Bonchev–Trinajstić information content (AvgIpc) is 3.21. The Labute approximate surface area is 180 Å². The molecule has 1 N–H and O–H groups in total. The molecule has 156 valence electrons. The second-order valence-corrected chi connectivity index (χ2v) is 8.49. The number of hydrogen-bond donors (Lipinski definition) is 1. The Balaban J connectivity index is 1.14. The second kappa shape index (κ2) is 9.71. The fourth-order valence-electron chi connectivity index (χ4n) is 3.66. The maximum atomic E-state index is 12.4. The maximum absolute atomic E-state index is 12.4. The number of nitrogens with zero attached hydrogens (tertiary/aromatic N) is 3. The lowest BCUT2D eigenvalue weighted by molar-refractivity contribution is -0.131. The predicted octanol–water partition coefficient (Wildman–Crippen LogP) is 3.08. The summed E-state index contributed by atoms with van der Waals surface area (Å²) < 4.78 is 1.14. The van der Waals surface area contributed by atoms with Crippen LogP contribution in [0, 0.1) is 0 Å². The van der Waals surface area contributed by atoms with Crippen molar-refractivity contribution in [3.8, 4) is 0 Å². The SMILES string of the molecule is O=C(CCc1nc2ccccc2s1)NCCC(=O)N1CCN(c2ccccc2)CC1. The molecule has 1 fully saturated rings. The number of aryl methyl sites for hydroxylation is 1. The van der Waals surface area contributed by atoms with Gasteiger partial charge in [-0.3, -0.25) is 9.59 Å². The van der Waals surface area contributed by atoms with Crippen LogP contribution in [-0.2, 0) is 16.0 Å². The molecule has 0 bridgehead atoms. The summed E-state index contributed by atoms with van der Waals surface area (Å²) in [5.74, 6) is 0.0742. The van der Waals surface area contributed by atoms with Gasteiger partial charge in [0.05, 0.1) is 15.2 Å². The van der Waals surface area contributed by atoms with Crippen LogP contribution in [0.25, 0.3) is 10.2 Å². The van der Waals surface area contributed by atoms with Gasteiger partial charge in [0.1, 0.15) is 0 Å². The normalized spacial score (nSPS) is 14.1. The van der Waals surface area contributed by atoms with Crippen LogP contribution in [0.5, 0.6) is 0 Å². The van der Waals surface area contributed by atoms with Crippen molar-refractivity contribution in [2.75, 3.05) is 37.6 Å². The molecule has 2 amide bonds. The number of fused-ring (bicyclic) bond motifs is 1. The van der Waals surface area contributed by atoms with E-state index in [2.05, 4.69) is 27.3 Å². The molecule has 30 heavy (non-hydrogen) atoms. The topological polar surface area (TPSA) is 65.5 Å². The maximum Gasteiger partial charge on any atom is 0.224 e. The van der Waals surface area contributed by atoms with Crippen LogP contribution in [0.15, 0.2) is 54.6 Å². The molecule has 0 aliphatic carbocycles. The molecule has 3 aromatic rings. The summed E-state index contributed by atoms with van der Waals surface area (Å²) in [6.07, 6.45) is 1.36. The summed E-state index contributed by atoms with van der Waals surface area (Å²) in [5.41, 5.74) is 2.18. The number of hydrogen-bond acceptors (Lipinski definition) is 5. The Morgan fingerprint density at radius 1 is 0.933 bits per heavy atom. The first-order valence-corrected chi connectivity index (χ1v) is 11.2. The van der Waals surface area contributed by atoms with Crippen LogP contribution >= 0.6 is 11.3 Å². The Kier molecular flexibility index (Phi) is 6.59. The van der Waals surface area contributed by atoms with Crippen LogP contribution in [0.1, 0.15) is 17.8 Å². The number of rotatable bonds is 7. The third-order valence-electron chi connectivity index (χ3n) is 5.32. The molecule has 1 aromatic heterocycles. The highest BCUT2D eigenvalue weighted by Gasteiger charge is 2.21. The summed E-state index contributed by atoms with van der Waals surface area (Å²) in [6.45, 7) is 3.50. The molecule has 0 unspecified atom stereocenters. The van der Waals surface area contributed by atoms with Crippen molar-refractivity contribution in [2.24, 2.45) is 0 Å². The van der Waals surface area contributed by atoms with E-state index in [0.717, 1.165) is 41.4 Å². The van der Waals surface area contributed by atoms with E-state index in [9.17, 15) is 9.59 Å². The number of para-hydroxylation sites is 2. The summed E-state index contributed by atoms with van der Waals surface area (Å²) in [5, 5.41) is 3.84. The van der Waals surface area contributed by atoms with E-state index < -0.39 is 0 Å². The largest absolute Gasteiger partial charge is 0.368 e. The third-order valence-corrected chi connectivity index (χ3v) is 6.42. The summed E-state index contributed by atoms with van der Waals surface area (Å²) in [7, 11) is 0. The van der Waals surface area contributed by atoms with E-state index in [4.69, 9.17) is 0 Å². The molecule has 4 rings (SSSR count). The summed E-state index contributed by atoms with van der Waals surface area (Å²) in [4.78, 5) is 33.3. The summed E-state index contributed by atoms with van der Waals surface area (Å²) in [6, 6.07) is 18.3. The number of nitrogens with one attached hydrogen (secondary N) is 1. The number of carbonyl (C=O) groups is 2. The predicted molar refractivity (Wildman–Crippen MR) is 121 cm³/mol. The zero-order valence-electron chi connectivity index (χ0n) is 16.9. The highest BCUT2D eigenvalue weighted by atomic mass is 32.1. The van der Waals surface area contributed by atoms with Crippen molar-refractivity contribution < 1.29 is 9.59 Å². The van der Waals surface area contributed by atoms with E-state index in [1.807, 2.05) is 47.4 Å². The number of aromatic nitrogens is 1. The molecule has 1 saturated heterocycles. The van der Waals surface area contributed by atoms with Gasteiger partial charge in [0, 0.05) is 57.7 Å². The van der Waals surface area contributed by atoms with Crippen molar-refractivity contribution in [3.63, 3.8) is 0 Å². The zero-order chi connectivity index (χ0) is 20.8. The number of benzene rings is 2. The molecule has 0 radical (unpaired) electrons. The molecule has 7 heteroatoms. The monoisotopic (exact) mass is 422 g/mol. The number of anilines is 1. The second-order valence-electron chi connectivity index (χ2n) is 7.38. The lowest BCUT2D eigenvalue weighted by atomic mass is 10.2. The molecular formula is C23H26N4O2S. The standard InChI is InChI=1S/C23H26N4O2S/c28-21(10-11-22-25-19-8-4-5-9-20(19)30-22)24-13-12-23(29)27-16-14-26(15-17-27)18-6-2-1-3-7-18/h1-9H,10-17H2,(H,24,28). The van der Waals surface area contributed by atoms with Crippen LogP contribution in [0.4, 0.5) is 5.69 Å². The molecule has 0 saturated carbocycles. The molecule has 2 heterocycles. The minimum absolute atomic E-state index is 0.0315. The number of carbonyl (C=O) groups excluding carboxylic acids is 2. The molecule has 2 aromatic carbocycles. The summed E-state index contributed by atoms with van der Waals surface area (Å²) >= 11 is 1.63. The van der Waals surface area contributed by atoms with Gasteiger partial charge in [-0.25, -0.2) is 4.98 Å². The fourth-order valence-corrected chi connectivity index (χ4v) is 4.62. The van der Waals surface area contributed by atoms with Crippen molar-refractivity contribution in [1.82, 2.24) is 15.2 Å². The first-order chi connectivity index (χ1) is 14.7. The quantitative estimate of drug-likeness (QED) is 0.636. The lowest BCUT2D eigenvalue weighted by Gasteiger charge is -2.36. The van der Waals surface area contributed by atoms with E-state index in [-0.39, 0.29) is 11.8 Å². The van der Waals surface area contributed by atoms with E-state index in [1.54, 1.807) is 11.3 Å². The van der Waals surface area contributed by atoms with Crippen molar-refractivity contribution >= 4 is 39.1 Å². The smallest absolute Gasteiger partial charge is 0.224 e.